The molecular formula is C81H114N6O17P2. The number of phosphoric ester groups is 2. The number of carbonyl (C=O) groups excluding carboxylic acids is 5. The molecule has 23 nitrogen and oxygen atoms in total. The molecule has 2 unspecified atom stereocenters. The number of amides is 6. The Kier molecular flexibility index (Phi) is 66.5. The summed E-state index contributed by atoms with van der Waals surface area (Å²) >= 11 is 0. The minimum atomic E-state index is -4.84. The first-order valence-corrected chi connectivity index (χ1v) is 40.4. The van der Waals surface area contributed by atoms with E-state index in [0.29, 0.717) is 38.5 Å². The molecule has 0 aromatic carbocycles. The average Bonchev–Trinajstić information content (AvgIpc) is 0.919. The highest BCUT2D eigenvalue weighted by Gasteiger charge is 2.27. The first kappa shape index (κ1) is 97.6. The quantitative estimate of drug-likeness (QED) is 0.00922. The van der Waals surface area contributed by atoms with Crippen molar-refractivity contribution in [3.05, 3.63) is 0 Å². The molecule has 8 N–H and O–H groups in total. The molecular weight excluding hydrogens is 1390 g/mol. The molecule has 0 radical (unpaired) electrons. The number of ether oxygens (including phenoxy) is 4. The van der Waals surface area contributed by atoms with E-state index in [2.05, 4.69) is 190 Å². The van der Waals surface area contributed by atoms with Gasteiger partial charge in [-0.05, 0) is 97.7 Å². The van der Waals surface area contributed by atoms with Crippen molar-refractivity contribution in [1.82, 2.24) is 31.9 Å². The van der Waals surface area contributed by atoms with E-state index in [1.54, 1.807) is 0 Å². The third-order valence-electron chi connectivity index (χ3n) is 15.1. The second-order valence-corrected chi connectivity index (χ2v) is 27.2. The van der Waals surface area contributed by atoms with Gasteiger partial charge in [0.1, 0.15) is 12.2 Å². The van der Waals surface area contributed by atoms with Gasteiger partial charge in [0, 0.05) is 110 Å². The highest BCUT2D eigenvalue weighted by atomic mass is 31.2. The largest absolute Gasteiger partial charge is 0.472 e. The lowest BCUT2D eigenvalue weighted by Gasteiger charge is -2.22. The normalized spacial score (nSPS) is 12.1. The summed E-state index contributed by atoms with van der Waals surface area (Å²) in [5, 5.41) is 14.5. The summed E-state index contributed by atoms with van der Waals surface area (Å²) in [6, 6.07) is 0.149. The highest BCUT2D eigenvalue weighted by Crippen LogP contribution is 2.43. The molecule has 0 heterocycles. The van der Waals surface area contributed by atoms with Gasteiger partial charge in [-0.2, -0.15) is 0 Å². The Labute approximate surface area is 634 Å². The molecule has 0 saturated heterocycles. The summed E-state index contributed by atoms with van der Waals surface area (Å²) < 4.78 is 70.4. The fraction of sp³-hybridized carbons (Fsp3) is 0.642. The van der Waals surface area contributed by atoms with Gasteiger partial charge in [-0.25, -0.2) is 23.5 Å². The van der Waals surface area contributed by atoms with Crippen molar-refractivity contribution in [3.8, 4) is 143 Å². The number of nitrogens with one attached hydrogen (secondary N) is 6. The fourth-order valence-corrected chi connectivity index (χ4v) is 11.1. The predicted molar refractivity (Wildman–Crippen MR) is 412 cm³/mol. The van der Waals surface area contributed by atoms with Crippen molar-refractivity contribution in [2.75, 3.05) is 65.9 Å². The van der Waals surface area contributed by atoms with Crippen LogP contribution < -0.4 is 31.9 Å². The van der Waals surface area contributed by atoms with Crippen LogP contribution in [0.3, 0.4) is 0 Å². The highest BCUT2D eigenvalue weighted by molar-refractivity contribution is 7.47. The maximum absolute atomic E-state index is 13.1. The Morgan fingerprint density at radius 1 is 0.349 bits per heavy atom. The Morgan fingerprint density at radius 3 is 0.962 bits per heavy atom. The van der Waals surface area contributed by atoms with Gasteiger partial charge in [-0.1, -0.05) is 182 Å². The number of carbonyl (C=O) groups is 5. The van der Waals surface area contributed by atoms with E-state index in [9.17, 15) is 42.9 Å². The van der Waals surface area contributed by atoms with Crippen LogP contribution in [-0.4, -0.2) is 130 Å². The number of unbranched alkanes of at least 4 members (excludes halogenated alkanes) is 24. The van der Waals surface area contributed by atoms with Gasteiger partial charge in [0.25, 0.3) is 0 Å². The Bertz CT molecular complexity index is 3160. The SMILES string of the molecule is C#CC#CC#CC#CC#CC#CNC(=O)N[C@H](COCC[C@@H](CCCCCCC)OC(=O)CCCCCCCCCCC)COP(=O)(O)OCCNC(=O)NCCOP(=O)(O)OC[C@@H](COCC[C@@H](CCCCCCC)OC(=O)CCCCCCCCCCC)NC(=O)NC#CC#CC#CC#CC#CC#C. The van der Waals surface area contributed by atoms with Gasteiger partial charge in [-0.3, -0.25) is 38.3 Å². The number of rotatable bonds is 60. The maximum Gasteiger partial charge on any atom is 0.472 e. The number of hydrogen-bond donors (Lipinski definition) is 8. The van der Waals surface area contributed by atoms with Crippen LogP contribution in [0.2, 0.25) is 0 Å². The molecule has 0 bridgehead atoms. The molecule has 0 aliphatic rings. The van der Waals surface area contributed by atoms with E-state index in [1.165, 1.54) is 64.2 Å². The van der Waals surface area contributed by atoms with E-state index in [-0.39, 0.29) is 51.5 Å². The molecule has 0 saturated carbocycles. The van der Waals surface area contributed by atoms with E-state index < -0.39 is 84.5 Å². The minimum Gasteiger partial charge on any atom is -0.462 e. The molecule has 0 fully saturated rings. The molecule has 580 valence electrons. The summed E-state index contributed by atoms with van der Waals surface area (Å²) in [4.78, 5) is 85.7. The zero-order valence-corrected chi connectivity index (χ0v) is 64.8. The molecule has 0 rings (SSSR count). The van der Waals surface area contributed by atoms with E-state index >= 15 is 0 Å². The summed E-state index contributed by atoms with van der Waals surface area (Å²) in [6.45, 7) is 5.58. The van der Waals surface area contributed by atoms with E-state index in [1.807, 2.05) is 0 Å². The number of urea groups is 3. The topological polar surface area (TPSA) is 306 Å². The van der Waals surface area contributed by atoms with Gasteiger partial charge in [-0.15, -0.1) is 12.8 Å². The number of phosphoric acid groups is 2. The van der Waals surface area contributed by atoms with E-state index in [4.69, 9.17) is 49.9 Å². The van der Waals surface area contributed by atoms with Crippen LogP contribution in [0.5, 0.6) is 0 Å². The average molecular weight is 1510 g/mol. The Balaban J connectivity index is 5.78. The van der Waals surface area contributed by atoms with Crippen molar-refractivity contribution in [2.24, 2.45) is 0 Å². The smallest absolute Gasteiger partial charge is 0.462 e. The van der Waals surface area contributed by atoms with Crippen LogP contribution in [0.25, 0.3) is 0 Å². The number of hydrogen-bond acceptors (Lipinski definition) is 15. The third-order valence-corrected chi connectivity index (χ3v) is 17.1. The summed E-state index contributed by atoms with van der Waals surface area (Å²) in [5.41, 5.74) is 0. The van der Waals surface area contributed by atoms with Gasteiger partial charge in [0.15, 0.2) is 0 Å². The fourth-order valence-electron chi connectivity index (χ4n) is 9.62. The van der Waals surface area contributed by atoms with Crippen molar-refractivity contribution in [3.63, 3.8) is 0 Å². The second kappa shape index (κ2) is 72.2. The van der Waals surface area contributed by atoms with Gasteiger partial charge >= 0.3 is 45.7 Å². The van der Waals surface area contributed by atoms with Gasteiger partial charge < -0.3 is 50.0 Å². The Morgan fingerprint density at radius 2 is 0.642 bits per heavy atom. The number of terminal acetylenes is 2. The molecule has 106 heavy (non-hydrogen) atoms. The van der Waals surface area contributed by atoms with Crippen LogP contribution in [0, 0.1) is 143 Å². The number of esters is 2. The zero-order chi connectivity index (χ0) is 77.8. The zero-order valence-electron chi connectivity index (χ0n) is 63.0. The van der Waals surface area contributed by atoms with Crippen LogP contribution >= 0.6 is 15.6 Å². The molecule has 6 amide bonds. The predicted octanol–water partition coefficient (Wildman–Crippen LogP) is 12.3. The molecule has 0 aliphatic heterocycles. The third kappa shape index (κ3) is 68.7. The summed E-state index contributed by atoms with van der Waals surface area (Å²) in [6.07, 6.45) is 42.4. The van der Waals surface area contributed by atoms with Crippen LogP contribution in [0.15, 0.2) is 0 Å². The monoisotopic (exact) mass is 1500 g/mol. The van der Waals surface area contributed by atoms with Crippen molar-refractivity contribution in [1.29, 1.82) is 0 Å². The molecule has 0 aliphatic carbocycles. The summed E-state index contributed by atoms with van der Waals surface area (Å²) in [7, 11) is -9.67. The van der Waals surface area contributed by atoms with Gasteiger partial charge in [0.05, 0.1) is 64.9 Å². The lowest BCUT2D eigenvalue weighted by molar-refractivity contribution is -0.151. The Hall–Kier alpha value is -8.39. The minimum absolute atomic E-state index is 0.110. The maximum atomic E-state index is 13.1. The molecule has 0 aromatic heterocycles. The standard InChI is InChI=1S/C81H114N6O17P2/c1-7-13-19-25-29-33-37-41-47-53-61-82-80(91)86-73(69-97-65-59-75(55-49-43-23-17-11-5)103-77(88)57-51-45-39-35-31-27-21-15-9-3)71-101-105(93,94)99-67-63-84-79(90)85-64-68-100-106(95,96)102-72-74(87-81(92)83-62-54-48-42-38-34-30-26-20-14-8-2)70-98-66-60-76(56-50-44-24-18-12-6)104-78(89)58-52-46-40-36-32-28-22-16-10-4/h1-2,73-76H,9-12,15-18,21-24,27-28,31-32,35-36,39-40,43-46,49-52,55-60,63-72H2,3-6H3,(H,93,94)(H,95,96)(H2,82,86,91)(H2,83,87,92)(H2,84,85,90)/t73-,74-,75-,76-/m1/s1. The van der Waals surface area contributed by atoms with Crippen molar-refractivity contribution in [2.45, 2.75) is 270 Å². The van der Waals surface area contributed by atoms with Gasteiger partial charge in [0.2, 0.25) is 0 Å². The lowest BCUT2D eigenvalue weighted by atomic mass is 10.1. The van der Waals surface area contributed by atoms with Crippen molar-refractivity contribution >= 4 is 45.7 Å². The lowest BCUT2D eigenvalue weighted by Crippen LogP contribution is -2.45. The molecule has 6 atom stereocenters. The molecule has 25 heteroatoms. The first-order valence-electron chi connectivity index (χ1n) is 37.4. The van der Waals surface area contributed by atoms with E-state index in [0.717, 1.165) is 116 Å². The molecule has 0 spiro atoms. The van der Waals surface area contributed by atoms with Crippen LogP contribution in [-0.2, 0) is 55.8 Å². The second-order valence-electron chi connectivity index (χ2n) is 24.3. The van der Waals surface area contributed by atoms with Crippen LogP contribution in [0.1, 0.15) is 246 Å². The summed E-state index contributed by atoms with van der Waals surface area (Å²) in [5.74, 6) is 47.2. The molecule has 0 aromatic rings. The first-order chi connectivity index (χ1) is 51.5. The van der Waals surface area contributed by atoms with Crippen LogP contribution in [0.4, 0.5) is 14.4 Å². The van der Waals surface area contributed by atoms with Crippen molar-refractivity contribution < 1.29 is 79.9 Å².